The maximum atomic E-state index is 4.53. The molecule has 0 spiro atoms. The maximum Gasteiger partial charge on any atom is 0.0464 e. The van der Waals surface area contributed by atoms with E-state index >= 15 is 0 Å². The zero-order valence-corrected chi connectivity index (χ0v) is 11.0. The Kier molecular flexibility index (Phi) is 4.16. The highest BCUT2D eigenvalue weighted by Crippen LogP contribution is 2.21. The molecule has 0 saturated heterocycles. The first-order valence-electron chi connectivity index (χ1n) is 5.39. The average Bonchev–Trinajstić information content (AvgIpc) is 1.79. The summed E-state index contributed by atoms with van der Waals surface area (Å²) in [6.07, 6.45) is 0. The summed E-state index contributed by atoms with van der Waals surface area (Å²) in [7, 11) is 0. The summed E-state index contributed by atoms with van der Waals surface area (Å²) in [6, 6.07) is 0. The lowest BCUT2D eigenvalue weighted by atomic mass is 9.84. The van der Waals surface area contributed by atoms with E-state index in [1.54, 1.807) is 0 Å². The molecular weight excluding hydrogens is 172 g/mol. The van der Waals surface area contributed by atoms with Crippen molar-refractivity contribution < 1.29 is 0 Å². The van der Waals surface area contributed by atoms with Crippen LogP contribution in [0, 0.1) is 11.3 Å². The van der Waals surface area contributed by atoms with Gasteiger partial charge in [0.15, 0.2) is 0 Å². The Morgan fingerprint density at radius 3 is 1.64 bits per heavy atom. The molecule has 0 fully saturated rings. The molecule has 14 heavy (non-hydrogen) atoms. The number of nitrogens with one attached hydrogen (secondary N) is 1. The van der Waals surface area contributed by atoms with Gasteiger partial charge in [0.05, 0.1) is 0 Å². The molecule has 1 N–H and O–H groups in total. The van der Waals surface area contributed by atoms with E-state index in [4.69, 9.17) is 0 Å². The molecule has 84 valence electrons. The van der Waals surface area contributed by atoms with Gasteiger partial charge in [0, 0.05) is 16.7 Å². The van der Waals surface area contributed by atoms with E-state index in [0.717, 1.165) is 0 Å². The van der Waals surface area contributed by atoms with Crippen molar-refractivity contribution in [2.45, 2.75) is 60.9 Å². The largest absolute Gasteiger partial charge is 0.305 e. The van der Waals surface area contributed by atoms with Crippen LogP contribution in [0.4, 0.5) is 0 Å². The molecule has 0 aromatic heterocycles. The van der Waals surface area contributed by atoms with Crippen molar-refractivity contribution in [1.82, 2.24) is 5.43 Å². The standard InChI is InChI=1S/C12H26N2/c1-9(2)10(11(3,4)5)13-14-12(6,7)8/h9,14H,1-8H3/b13-10-. The van der Waals surface area contributed by atoms with E-state index in [2.05, 4.69) is 65.9 Å². The smallest absolute Gasteiger partial charge is 0.0464 e. The quantitative estimate of drug-likeness (QED) is 0.533. The topological polar surface area (TPSA) is 24.4 Å². The van der Waals surface area contributed by atoms with Crippen LogP contribution < -0.4 is 5.43 Å². The lowest BCUT2D eigenvalue weighted by molar-refractivity contribution is 0.429. The number of rotatable bonds is 2. The molecule has 0 aromatic carbocycles. The first-order chi connectivity index (χ1) is 6.04. The van der Waals surface area contributed by atoms with Gasteiger partial charge in [-0.25, -0.2) is 0 Å². The Morgan fingerprint density at radius 1 is 1.00 bits per heavy atom. The molecule has 0 aromatic rings. The second-order valence-electron chi connectivity index (χ2n) is 6.26. The van der Waals surface area contributed by atoms with Crippen LogP contribution in [0.5, 0.6) is 0 Å². The Hall–Kier alpha value is -0.530. The molecule has 0 aliphatic carbocycles. The molecule has 2 heteroatoms. The van der Waals surface area contributed by atoms with E-state index in [9.17, 15) is 0 Å². The molecule has 0 saturated carbocycles. The number of hydrazone groups is 1. The van der Waals surface area contributed by atoms with Crippen LogP contribution in [0.1, 0.15) is 55.4 Å². The van der Waals surface area contributed by atoms with Crippen molar-refractivity contribution in [1.29, 1.82) is 0 Å². The van der Waals surface area contributed by atoms with Crippen LogP contribution in [-0.4, -0.2) is 11.3 Å². The van der Waals surface area contributed by atoms with Crippen LogP contribution in [0.3, 0.4) is 0 Å². The molecule has 0 heterocycles. The Morgan fingerprint density at radius 2 is 1.43 bits per heavy atom. The van der Waals surface area contributed by atoms with Gasteiger partial charge < -0.3 is 5.43 Å². The van der Waals surface area contributed by atoms with Crippen molar-refractivity contribution in [3.8, 4) is 0 Å². The fourth-order valence-corrected chi connectivity index (χ4v) is 1.39. The van der Waals surface area contributed by atoms with Gasteiger partial charge in [-0.1, -0.05) is 34.6 Å². The Balaban J connectivity index is 4.69. The van der Waals surface area contributed by atoms with Gasteiger partial charge in [-0.15, -0.1) is 0 Å². The lowest BCUT2D eigenvalue weighted by Gasteiger charge is -2.27. The highest BCUT2D eigenvalue weighted by atomic mass is 15.3. The number of hydrogen-bond acceptors (Lipinski definition) is 2. The molecule has 2 nitrogen and oxygen atoms in total. The fourth-order valence-electron chi connectivity index (χ4n) is 1.39. The van der Waals surface area contributed by atoms with Crippen molar-refractivity contribution in [3.05, 3.63) is 0 Å². The molecule has 0 aliphatic rings. The predicted molar refractivity (Wildman–Crippen MR) is 64.6 cm³/mol. The van der Waals surface area contributed by atoms with Gasteiger partial charge in [0.2, 0.25) is 0 Å². The second kappa shape index (κ2) is 4.33. The summed E-state index contributed by atoms with van der Waals surface area (Å²) >= 11 is 0. The van der Waals surface area contributed by atoms with Crippen molar-refractivity contribution in [2.75, 3.05) is 0 Å². The first-order valence-corrected chi connectivity index (χ1v) is 5.39. The zero-order valence-electron chi connectivity index (χ0n) is 11.0. The summed E-state index contributed by atoms with van der Waals surface area (Å²) in [6.45, 7) is 17.4. The third-order valence-electron chi connectivity index (χ3n) is 1.83. The molecule has 0 amide bonds. The van der Waals surface area contributed by atoms with E-state index in [-0.39, 0.29) is 11.0 Å². The summed E-state index contributed by atoms with van der Waals surface area (Å²) in [4.78, 5) is 0. The zero-order chi connectivity index (χ0) is 11.6. The summed E-state index contributed by atoms with van der Waals surface area (Å²) < 4.78 is 0. The molecule has 0 atom stereocenters. The minimum absolute atomic E-state index is 0.0470. The molecule has 0 aliphatic heterocycles. The summed E-state index contributed by atoms with van der Waals surface area (Å²) in [5.74, 6) is 0.491. The Bertz CT molecular complexity index is 201. The third-order valence-corrected chi connectivity index (χ3v) is 1.83. The molecule has 0 radical (unpaired) electrons. The monoisotopic (exact) mass is 198 g/mol. The maximum absolute atomic E-state index is 4.53. The van der Waals surface area contributed by atoms with Crippen molar-refractivity contribution in [2.24, 2.45) is 16.4 Å². The highest BCUT2D eigenvalue weighted by Gasteiger charge is 2.22. The summed E-state index contributed by atoms with van der Waals surface area (Å²) in [5, 5.41) is 4.53. The van der Waals surface area contributed by atoms with Crippen LogP contribution in [0.15, 0.2) is 5.10 Å². The van der Waals surface area contributed by atoms with E-state index < -0.39 is 0 Å². The van der Waals surface area contributed by atoms with Gasteiger partial charge in [-0.05, 0) is 26.7 Å². The minimum atomic E-state index is 0.0470. The van der Waals surface area contributed by atoms with Crippen LogP contribution >= 0.6 is 0 Å². The molecular formula is C12H26N2. The van der Waals surface area contributed by atoms with Gasteiger partial charge in [-0.2, -0.15) is 5.10 Å². The van der Waals surface area contributed by atoms with Gasteiger partial charge in [0.1, 0.15) is 0 Å². The fraction of sp³-hybridized carbons (Fsp3) is 0.917. The van der Waals surface area contributed by atoms with E-state index in [1.165, 1.54) is 5.71 Å². The second-order valence-corrected chi connectivity index (χ2v) is 6.26. The Labute approximate surface area is 89.2 Å². The molecule has 0 bridgehead atoms. The minimum Gasteiger partial charge on any atom is -0.305 e. The third kappa shape index (κ3) is 5.25. The number of nitrogens with zero attached hydrogens (tertiary/aromatic N) is 1. The van der Waals surface area contributed by atoms with Crippen molar-refractivity contribution in [3.63, 3.8) is 0 Å². The van der Waals surface area contributed by atoms with Crippen molar-refractivity contribution >= 4 is 5.71 Å². The first kappa shape index (κ1) is 13.5. The number of hydrogen-bond donors (Lipinski definition) is 1. The van der Waals surface area contributed by atoms with E-state index in [1.807, 2.05) is 0 Å². The van der Waals surface area contributed by atoms with Crippen LogP contribution in [0.2, 0.25) is 0 Å². The molecule has 0 rings (SSSR count). The van der Waals surface area contributed by atoms with Gasteiger partial charge in [-0.3, -0.25) is 0 Å². The average molecular weight is 198 g/mol. The van der Waals surface area contributed by atoms with Crippen LogP contribution in [-0.2, 0) is 0 Å². The van der Waals surface area contributed by atoms with Gasteiger partial charge in [0.25, 0.3) is 0 Å². The van der Waals surface area contributed by atoms with Gasteiger partial charge >= 0.3 is 0 Å². The predicted octanol–water partition coefficient (Wildman–Crippen LogP) is 3.43. The van der Waals surface area contributed by atoms with Crippen LogP contribution in [0.25, 0.3) is 0 Å². The highest BCUT2D eigenvalue weighted by molar-refractivity contribution is 5.90. The lowest BCUT2D eigenvalue weighted by Crippen LogP contribution is -2.36. The molecule has 0 unspecified atom stereocenters. The SMILES string of the molecule is CC(C)/C(=N/NC(C)(C)C)C(C)(C)C. The summed E-state index contributed by atoms with van der Waals surface area (Å²) in [5.41, 5.74) is 4.62. The normalized spacial score (nSPS) is 14.8. The van der Waals surface area contributed by atoms with E-state index in [0.29, 0.717) is 5.92 Å².